The van der Waals surface area contributed by atoms with Crippen LogP contribution in [-0.4, -0.2) is 11.0 Å². The van der Waals surface area contributed by atoms with E-state index in [2.05, 4.69) is 29.2 Å². The van der Waals surface area contributed by atoms with E-state index >= 15 is 0 Å². The maximum atomic E-state index is 12.4. The van der Waals surface area contributed by atoms with Gasteiger partial charge in [-0.05, 0) is 61.5 Å². The summed E-state index contributed by atoms with van der Waals surface area (Å²) in [6, 6.07) is 7.99. The Balaban J connectivity index is 1.58. The normalized spacial score (nSPS) is 13.0. The zero-order chi connectivity index (χ0) is 16.9. The van der Waals surface area contributed by atoms with Crippen molar-refractivity contribution in [2.45, 2.75) is 39.0 Å². The first-order valence-corrected chi connectivity index (χ1v) is 9.52. The number of hydrogen-bond donors (Lipinski definition) is 3. The average molecular weight is 360 g/mol. The van der Waals surface area contributed by atoms with Gasteiger partial charge in [0, 0.05) is 15.9 Å². The molecule has 1 aliphatic carbocycles. The van der Waals surface area contributed by atoms with Gasteiger partial charge < -0.3 is 5.32 Å². The van der Waals surface area contributed by atoms with Gasteiger partial charge in [0.15, 0.2) is 5.11 Å². The number of fused-ring (bicyclic) bond motifs is 1. The zero-order valence-corrected chi connectivity index (χ0v) is 15.3. The second-order valence-corrected chi connectivity index (χ2v) is 7.17. The van der Waals surface area contributed by atoms with Crippen molar-refractivity contribution < 1.29 is 4.79 Å². The fraction of sp³-hybridized carbons (Fsp3) is 0.333. The summed E-state index contributed by atoms with van der Waals surface area (Å²) in [5, 5.41) is 5.47. The average Bonchev–Trinajstić information content (AvgIpc) is 3.04. The minimum Gasteiger partial charge on any atom is -0.331 e. The summed E-state index contributed by atoms with van der Waals surface area (Å²) in [6.07, 6.45) is 5.38. The van der Waals surface area contributed by atoms with E-state index in [0.29, 0.717) is 5.11 Å². The SMILES string of the molecule is CCc1ccccc1NC(=S)NNC(=O)c1csc2c1CCCC2. The molecule has 0 unspecified atom stereocenters. The molecule has 4 nitrogen and oxygen atoms in total. The highest BCUT2D eigenvalue weighted by molar-refractivity contribution is 7.80. The molecule has 0 bridgehead atoms. The third kappa shape index (κ3) is 3.76. The van der Waals surface area contributed by atoms with Gasteiger partial charge in [-0.25, -0.2) is 0 Å². The predicted octanol–water partition coefficient (Wildman–Crippen LogP) is 3.82. The molecule has 0 saturated carbocycles. The highest BCUT2D eigenvalue weighted by Gasteiger charge is 2.20. The molecular formula is C18H21N3OS2. The minimum atomic E-state index is -0.123. The first-order valence-electron chi connectivity index (χ1n) is 8.23. The number of nitrogens with one attached hydrogen (secondary N) is 3. The Morgan fingerprint density at radius 3 is 2.83 bits per heavy atom. The van der Waals surface area contributed by atoms with Gasteiger partial charge in [-0.2, -0.15) is 0 Å². The molecule has 1 aromatic carbocycles. The quantitative estimate of drug-likeness (QED) is 0.576. The Bertz CT molecular complexity index is 754. The first-order chi connectivity index (χ1) is 11.7. The van der Waals surface area contributed by atoms with Crippen molar-refractivity contribution in [2.24, 2.45) is 0 Å². The molecular weight excluding hydrogens is 338 g/mol. The largest absolute Gasteiger partial charge is 0.331 e. The van der Waals surface area contributed by atoms with Crippen LogP contribution in [0.1, 0.15) is 46.1 Å². The lowest BCUT2D eigenvalue weighted by molar-refractivity contribution is 0.0943. The van der Waals surface area contributed by atoms with E-state index in [4.69, 9.17) is 12.2 Å². The smallest absolute Gasteiger partial charge is 0.270 e. The Labute approximate surface area is 151 Å². The van der Waals surface area contributed by atoms with Crippen LogP contribution < -0.4 is 16.2 Å². The third-order valence-corrected chi connectivity index (χ3v) is 5.53. The molecule has 0 fully saturated rings. The molecule has 1 aromatic heterocycles. The molecule has 0 atom stereocenters. The summed E-state index contributed by atoms with van der Waals surface area (Å²) < 4.78 is 0. The van der Waals surface area contributed by atoms with Gasteiger partial charge >= 0.3 is 0 Å². The molecule has 0 radical (unpaired) electrons. The van der Waals surface area contributed by atoms with Crippen LogP contribution in [0.15, 0.2) is 29.6 Å². The van der Waals surface area contributed by atoms with Gasteiger partial charge in [0.25, 0.3) is 5.91 Å². The molecule has 3 N–H and O–H groups in total. The summed E-state index contributed by atoms with van der Waals surface area (Å²) in [5.41, 5.74) is 9.63. The van der Waals surface area contributed by atoms with Crippen molar-refractivity contribution in [2.75, 3.05) is 5.32 Å². The predicted molar refractivity (Wildman–Crippen MR) is 104 cm³/mol. The van der Waals surface area contributed by atoms with Crippen LogP contribution >= 0.6 is 23.6 Å². The van der Waals surface area contributed by atoms with E-state index in [-0.39, 0.29) is 5.91 Å². The number of carbonyl (C=O) groups excluding carboxylic acids is 1. The van der Waals surface area contributed by atoms with E-state index in [9.17, 15) is 4.79 Å². The van der Waals surface area contributed by atoms with Crippen LogP contribution in [0.4, 0.5) is 5.69 Å². The number of para-hydroxylation sites is 1. The van der Waals surface area contributed by atoms with Crippen LogP contribution in [0.25, 0.3) is 0 Å². The van der Waals surface area contributed by atoms with E-state index in [1.165, 1.54) is 22.4 Å². The number of benzene rings is 1. The number of hydrazine groups is 1. The Morgan fingerprint density at radius 2 is 2.00 bits per heavy atom. The summed E-state index contributed by atoms with van der Waals surface area (Å²) >= 11 is 6.96. The molecule has 0 aliphatic heterocycles. The zero-order valence-electron chi connectivity index (χ0n) is 13.6. The number of aryl methyl sites for hydroxylation is 2. The van der Waals surface area contributed by atoms with Crippen LogP contribution in [-0.2, 0) is 19.3 Å². The Kier molecular flexibility index (Phi) is 5.48. The molecule has 126 valence electrons. The molecule has 0 spiro atoms. The lowest BCUT2D eigenvalue weighted by atomic mass is 9.96. The molecule has 6 heteroatoms. The number of carbonyl (C=O) groups is 1. The second kappa shape index (κ2) is 7.77. The number of hydrogen-bond acceptors (Lipinski definition) is 3. The Morgan fingerprint density at radius 1 is 1.21 bits per heavy atom. The third-order valence-electron chi connectivity index (χ3n) is 4.24. The number of anilines is 1. The van der Waals surface area contributed by atoms with Crippen molar-refractivity contribution in [1.29, 1.82) is 0 Å². The van der Waals surface area contributed by atoms with Crippen molar-refractivity contribution in [1.82, 2.24) is 10.9 Å². The number of thiophene rings is 1. The topological polar surface area (TPSA) is 53.2 Å². The van der Waals surface area contributed by atoms with Gasteiger partial charge in [0.1, 0.15) is 0 Å². The Hall–Kier alpha value is -1.92. The fourth-order valence-electron chi connectivity index (χ4n) is 2.97. The van der Waals surface area contributed by atoms with E-state index in [1.807, 2.05) is 23.6 Å². The molecule has 1 heterocycles. The van der Waals surface area contributed by atoms with Crippen molar-refractivity contribution >= 4 is 40.3 Å². The van der Waals surface area contributed by atoms with Crippen molar-refractivity contribution in [3.63, 3.8) is 0 Å². The summed E-state index contributed by atoms with van der Waals surface area (Å²) in [5.74, 6) is -0.123. The molecule has 2 aromatic rings. The van der Waals surface area contributed by atoms with Gasteiger partial charge in [0.2, 0.25) is 0 Å². The summed E-state index contributed by atoms with van der Waals surface area (Å²) in [7, 11) is 0. The van der Waals surface area contributed by atoms with Gasteiger partial charge in [-0.15, -0.1) is 11.3 Å². The molecule has 1 amide bonds. The lowest BCUT2D eigenvalue weighted by Gasteiger charge is -2.15. The van der Waals surface area contributed by atoms with Crippen LogP contribution in [0.3, 0.4) is 0 Å². The van der Waals surface area contributed by atoms with Crippen molar-refractivity contribution in [3.8, 4) is 0 Å². The molecule has 24 heavy (non-hydrogen) atoms. The van der Waals surface area contributed by atoms with Crippen LogP contribution in [0, 0.1) is 0 Å². The van der Waals surface area contributed by atoms with E-state index in [1.54, 1.807) is 11.3 Å². The monoisotopic (exact) mass is 359 g/mol. The number of amides is 1. The van der Waals surface area contributed by atoms with Gasteiger partial charge in [0.05, 0.1) is 5.56 Å². The second-order valence-electron chi connectivity index (χ2n) is 5.80. The lowest BCUT2D eigenvalue weighted by Crippen LogP contribution is -2.44. The highest BCUT2D eigenvalue weighted by atomic mass is 32.1. The molecule has 3 rings (SSSR count). The first kappa shape index (κ1) is 16.9. The van der Waals surface area contributed by atoms with Crippen LogP contribution in [0.2, 0.25) is 0 Å². The number of thiocarbonyl (C=S) groups is 1. The summed E-state index contributed by atoms with van der Waals surface area (Å²) in [6.45, 7) is 2.10. The maximum absolute atomic E-state index is 12.4. The van der Waals surface area contributed by atoms with Crippen LogP contribution in [0.5, 0.6) is 0 Å². The molecule has 0 saturated heterocycles. The van der Waals surface area contributed by atoms with Crippen molar-refractivity contribution in [3.05, 3.63) is 51.2 Å². The van der Waals surface area contributed by atoms with Gasteiger partial charge in [-0.3, -0.25) is 15.6 Å². The minimum absolute atomic E-state index is 0.123. The fourth-order valence-corrected chi connectivity index (χ4v) is 4.26. The highest BCUT2D eigenvalue weighted by Crippen LogP contribution is 2.30. The molecule has 1 aliphatic rings. The van der Waals surface area contributed by atoms with Gasteiger partial charge in [-0.1, -0.05) is 25.1 Å². The summed E-state index contributed by atoms with van der Waals surface area (Å²) in [4.78, 5) is 13.8. The maximum Gasteiger partial charge on any atom is 0.270 e. The van der Waals surface area contributed by atoms with E-state index < -0.39 is 0 Å². The number of rotatable bonds is 3. The van der Waals surface area contributed by atoms with E-state index in [0.717, 1.165) is 36.9 Å². The standard InChI is InChI=1S/C18H21N3OS2/c1-2-12-7-3-5-9-15(12)19-18(23)21-20-17(22)14-11-24-16-10-6-4-8-13(14)16/h3,5,7,9,11H,2,4,6,8,10H2,1H3,(H,20,22)(H2,19,21,23).